The lowest BCUT2D eigenvalue weighted by Crippen LogP contribution is -2.06. The smallest absolute Gasteiger partial charge is 0.238 e. The van der Waals surface area contributed by atoms with Gasteiger partial charge in [0.1, 0.15) is 44.7 Å². The van der Waals surface area contributed by atoms with Gasteiger partial charge in [0.05, 0.1) is 48.7 Å². The number of thiophene rings is 1. The van der Waals surface area contributed by atoms with Crippen molar-refractivity contribution in [1.29, 1.82) is 0 Å². The fourth-order valence-corrected chi connectivity index (χ4v) is 19.4. The number of benzene rings is 17. The molecule has 9 aromatic heterocycles. The van der Waals surface area contributed by atoms with Crippen LogP contribution in [-0.4, -0.2) is 34.1 Å². The highest BCUT2D eigenvalue weighted by Gasteiger charge is 2.28. The molecule has 0 atom stereocenters. The molecule has 0 aliphatic heterocycles. The van der Waals surface area contributed by atoms with Crippen molar-refractivity contribution in [3.63, 3.8) is 0 Å². The fraction of sp³-hybridized carbons (Fsp3) is 0. The summed E-state index contributed by atoms with van der Waals surface area (Å²) in [6, 6.07) is 121. The number of hydrogen-bond acceptors (Lipinski definition) is 10. The van der Waals surface area contributed by atoms with Crippen LogP contribution in [0.3, 0.4) is 0 Å². The number of furan rings is 4. The zero-order chi connectivity index (χ0) is 75.1. The topological polar surface area (TPSA) is 127 Å². The van der Waals surface area contributed by atoms with Gasteiger partial charge in [-0.25, -0.2) is 15.0 Å². The molecule has 0 saturated heterocycles. The van der Waals surface area contributed by atoms with E-state index in [9.17, 15) is 0 Å². The van der Waals surface area contributed by atoms with Gasteiger partial charge in [-0.3, -0.25) is 9.13 Å². The first-order valence-electron chi connectivity index (χ1n) is 38.5. The molecule has 12 heteroatoms. The summed E-state index contributed by atoms with van der Waals surface area (Å²) in [4.78, 5) is 26.2. The average Bonchev–Trinajstić information content (AvgIpc) is 1.56. The minimum Gasteiger partial charge on any atom is -0.455 e. The molecule has 0 amide bonds. The van der Waals surface area contributed by atoms with Crippen LogP contribution < -0.4 is 0 Å². The quantitative estimate of drug-likeness (QED) is 0.153. The Morgan fingerprint density at radius 3 is 1.25 bits per heavy atom. The molecule has 26 aromatic rings. The highest BCUT2D eigenvalue weighted by atomic mass is 32.1. The second-order valence-corrected chi connectivity index (χ2v) is 30.6. The molecular formula is C103H57N7O4S. The van der Waals surface area contributed by atoms with Gasteiger partial charge in [0.25, 0.3) is 0 Å². The summed E-state index contributed by atoms with van der Waals surface area (Å²) in [5.41, 5.74) is 19.8. The molecule has 11 nitrogen and oxygen atoms in total. The van der Waals surface area contributed by atoms with Gasteiger partial charge in [0, 0.05) is 91.8 Å². The molecule has 26 rings (SSSR count). The molecular weight excluding hydrogens is 1430 g/mol. The van der Waals surface area contributed by atoms with Gasteiger partial charge in [-0.1, -0.05) is 273 Å². The molecule has 0 unspecified atom stereocenters. The summed E-state index contributed by atoms with van der Waals surface area (Å²) in [5, 5.41) is 20.9. The molecule has 0 bridgehead atoms. The maximum absolute atomic E-state index is 7.09. The van der Waals surface area contributed by atoms with Gasteiger partial charge in [-0.2, -0.15) is 9.97 Å². The lowest BCUT2D eigenvalue weighted by atomic mass is 9.93. The van der Waals surface area contributed by atoms with E-state index in [-0.39, 0.29) is 0 Å². The van der Waals surface area contributed by atoms with Crippen LogP contribution in [0.5, 0.6) is 0 Å². The number of para-hydroxylation sites is 6. The Bertz CT molecular complexity index is 8640. The summed E-state index contributed by atoms with van der Waals surface area (Å²) < 4.78 is 33.9. The molecule has 0 radical (unpaired) electrons. The molecule has 0 saturated carbocycles. The van der Waals surface area contributed by atoms with Gasteiger partial charge in [0.15, 0.2) is 11.6 Å². The first kappa shape index (κ1) is 63.4. The van der Waals surface area contributed by atoms with E-state index >= 15 is 0 Å². The molecule has 534 valence electrons. The van der Waals surface area contributed by atoms with Crippen molar-refractivity contribution < 1.29 is 17.7 Å². The SMILES string of the molecule is c1ccc(-c2nc(-c3ccc4ccccc4c3)nc(-n3c4ccccc4c4c5oc6cc(-c7cccc8c7oc7ccccc78)c7ccccc7c6c5ccc43)n2)cc1.c1ccc(-c2nc(-n3c4ccccc4c4c5oc6cc(-c7cccc8c7oc7ccccc78)c7ccccc7c6c5ccc43)nc3c2sc2ccccc23)cc1. The summed E-state index contributed by atoms with van der Waals surface area (Å²) in [7, 11) is 0. The first-order chi connectivity index (χ1) is 57.0. The molecule has 0 spiro atoms. The van der Waals surface area contributed by atoms with E-state index in [0.29, 0.717) is 23.5 Å². The average molecular weight is 1490 g/mol. The summed E-state index contributed by atoms with van der Waals surface area (Å²) in [6.07, 6.45) is 0. The molecule has 9 heterocycles. The van der Waals surface area contributed by atoms with Crippen LogP contribution in [0.15, 0.2) is 363 Å². The van der Waals surface area contributed by atoms with Gasteiger partial charge in [0.2, 0.25) is 11.9 Å². The van der Waals surface area contributed by atoms with E-state index in [0.717, 1.165) is 224 Å². The number of nitrogens with zero attached hydrogens (tertiary/aromatic N) is 7. The lowest BCUT2D eigenvalue weighted by molar-refractivity contribution is 0.669. The number of aromatic nitrogens is 7. The third-order valence-electron chi connectivity index (χ3n) is 23.3. The van der Waals surface area contributed by atoms with E-state index in [4.69, 9.17) is 42.6 Å². The first-order valence-corrected chi connectivity index (χ1v) is 39.3. The Labute approximate surface area is 656 Å². The van der Waals surface area contributed by atoms with Crippen LogP contribution in [0.2, 0.25) is 0 Å². The van der Waals surface area contributed by atoms with Crippen LogP contribution in [0, 0.1) is 0 Å². The minimum atomic E-state index is 0.537. The summed E-state index contributed by atoms with van der Waals surface area (Å²) in [5.74, 6) is 2.38. The van der Waals surface area contributed by atoms with Crippen molar-refractivity contribution in [2.75, 3.05) is 0 Å². The zero-order valence-corrected chi connectivity index (χ0v) is 61.9. The van der Waals surface area contributed by atoms with Crippen molar-refractivity contribution in [2.45, 2.75) is 0 Å². The predicted molar refractivity (Wildman–Crippen MR) is 472 cm³/mol. The predicted octanol–water partition coefficient (Wildman–Crippen LogP) is 28.3. The summed E-state index contributed by atoms with van der Waals surface area (Å²) in [6.45, 7) is 0. The van der Waals surface area contributed by atoms with Crippen LogP contribution >= 0.6 is 11.3 Å². The Balaban J connectivity index is 0.000000129. The van der Waals surface area contributed by atoms with Crippen molar-refractivity contribution in [2.24, 2.45) is 0 Å². The highest BCUT2D eigenvalue weighted by molar-refractivity contribution is 7.26. The normalized spacial score (nSPS) is 12.2. The Morgan fingerprint density at radius 2 is 0.678 bits per heavy atom. The molecule has 115 heavy (non-hydrogen) atoms. The van der Waals surface area contributed by atoms with E-state index in [1.807, 2.05) is 60.7 Å². The maximum Gasteiger partial charge on any atom is 0.238 e. The molecule has 0 aliphatic rings. The molecule has 0 N–H and O–H groups in total. The number of rotatable bonds is 7. The standard InChI is InChI=1S/C53H30N4O2.C50H27N3O2S/c1-2-14-32(15-3-1)51-54-52(34-26-25-31-13-4-5-16-33(31)29-34)56-53(55-51)57-43-23-10-8-20-40(43)48-44(57)28-27-41-47-37-19-7-6-17-35(37)42(30-46(47)59-50(41)48)39-22-12-21-38-36-18-9-11-24-45(36)58-49(38)39;1-2-13-28(14-3-1)45-49-46(35-19-8-11-24-42(35)56-49)52-50(51-45)53-38-22-9-6-18-34(38)44-39(53)26-25-36-43-31-17-5-4-15-29(31)37(27-41(43)55-48(36)44)33-21-12-20-32-30-16-7-10-23-40(30)54-47(32)33/h1-30H;1-27H. The molecule has 17 aromatic carbocycles. The maximum atomic E-state index is 7.09. The second kappa shape index (κ2) is 24.6. The Hall–Kier alpha value is -15.4. The number of fused-ring (bicyclic) bond motifs is 28. The number of hydrogen-bond donors (Lipinski definition) is 0. The Kier molecular flexibility index (Phi) is 13.5. The lowest BCUT2D eigenvalue weighted by Gasteiger charge is -2.11. The van der Waals surface area contributed by atoms with Gasteiger partial charge < -0.3 is 17.7 Å². The third kappa shape index (κ3) is 9.48. The second-order valence-electron chi connectivity index (χ2n) is 29.6. The summed E-state index contributed by atoms with van der Waals surface area (Å²) >= 11 is 1.75. The van der Waals surface area contributed by atoms with Crippen LogP contribution in [0.4, 0.5) is 0 Å². The van der Waals surface area contributed by atoms with E-state index in [2.05, 4.69) is 294 Å². The van der Waals surface area contributed by atoms with Crippen molar-refractivity contribution >= 4 is 195 Å². The molecule has 0 fully saturated rings. The van der Waals surface area contributed by atoms with Gasteiger partial charge in [-0.15, -0.1) is 11.3 Å². The largest absolute Gasteiger partial charge is 0.455 e. The van der Waals surface area contributed by atoms with Crippen molar-refractivity contribution in [3.8, 4) is 68.2 Å². The van der Waals surface area contributed by atoms with Crippen LogP contribution in [-0.2, 0) is 0 Å². The van der Waals surface area contributed by atoms with Gasteiger partial charge in [-0.05, 0) is 116 Å². The van der Waals surface area contributed by atoms with Gasteiger partial charge >= 0.3 is 0 Å². The van der Waals surface area contributed by atoms with E-state index in [1.165, 1.54) is 4.70 Å². The van der Waals surface area contributed by atoms with Crippen LogP contribution in [0.1, 0.15) is 0 Å². The van der Waals surface area contributed by atoms with E-state index < -0.39 is 0 Å². The third-order valence-corrected chi connectivity index (χ3v) is 24.4. The van der Waals surface area contributed by atoms with Crippen molar-refractivity contribution in [3.05, 3.63) is 346 Å². The van der Waals surface area contributed by atoms with E-state index in [1.54, 1.807) is 11.3 Å². The van der Waals surface area contributed by atoms with Crippen LogP contribution in [0.25, 0.3) is 252 Å². The monoisotopic (exact) mass is 1490 g/mol. The molecule has 0 aliphatic carbocycles. The minimum absolute atomic E-state index is 0.537. The van der Waals surface area contributed by atoms with Crippen molar-refractivity contribution in [1.82, 2.24) is 34.1 Å². The highest BCUT2D eigenvalue weighted by Crippen LogP contribution is 2.50. The Morgan fingerprint density at radius 1 is 0.235 bits per heavy atom. The zero-order valence-electron chi connectivity index (χ0n) is 61.1. The fourth-order valence-electron chi connectivity index (χ4n) is 18.2.